The molecule has 2 heterocycles. The average molecular weight is 381 g/mol. The molecule has 0 unspecified atom stereocenters. The van der Waals surface area contributed by atoms with E-state index in [2.05, 4.69) is 25.6 Å². The molecule has 2 N–H and O–H groups in total. The SMILES string of the molecule is O=C(C=C(O)c1nn[nH]n1)c1csc(S(=O)(=O)c2ccc(F)cc2)n1. The number of halogens is 1. The van der Waals surface area contributed by atoms with Gasteiger partial charge in [-0.2, -0.15) is 5.21 Å². The van der Waals surface area contributed by atoms with Crippen LogP contribution in [-0.2, 0) is 9.84 Å². The van der Waals surface area contributed by atoms with Gasteiger partial charge in [-0.05, 0) is 29.5 Å². The maximum absolute atomic E-state index is 12.9. The number of aliphatic hydroxyl groups is 1. The maximum Gasteiger partial charge on any atom is 0.239 e. The number of carbonyl (C=O) groups is 1. The number of hydrogen-bond acceptors (Lipinski definition) is 9. The van der Waals surface area contributed by atoms with Crippen LogP contribution in [0.15, 0.2) is 45.0 Å². The molecule has 0 aliphatic rings. The molecule has 0 bridgehead atoms. The van der Waals surface area contributed by atoms with Gasteiger partial charge in [-0.15, -0.1) is 21.5 Å². The molecule has 1 aromatic carbocycles. The van der Waals surface area contributed by atoms with E-state index in [9.17, 15) is 22.7 Å². The molecule has 0 aliphatic heterocycles. The summed E-state index contributed by atoms with van der Waals surface area (Å²) < 4.78 is 37.4. The van der Waals surface area contributed by atoms with Crippen LogP contribution in [0.3, 0.4) is 0 Å². The Hall–Kier alpha value is -2.99. The first-order chi connectivity index (χ1) is 11.9. The second kappa shape index (κ2) is 6.49. The highest BCUT2D eigenvalue weighted by Crippen LogP contribution is 2.24. The van der Waals surface area contributed by atoms with Crippen LogP contribution < -0.4 is 0 Å². The molecular formula is C13H8FN5O4S2. The fourth-order valence-electron chi connectivity index (χ4n) is 1.74. The molecule has 0 aliphatic carbocycles. The molecular weight excluding hydrogens is 373 g/mol. The van der Waals surface area contributed by atoms with Crippen LogP contribution >= 0.6 is 11.3 Å². The molecule has 0 saturated heterocycles. The van der Waals surface area contributed by atoms with Crippen molar-refractivity contribution in [2.24, 2.45) is 0 Å². The quantitative estimate of drug-likeness (QED) is 0.293. The third-order valence-corrected chi connectivity index (χ3v) is 5.96. The molecule has 0 atom stereocenters. The number of tetrazole rings is 1. The predicted molar refractivity (Wildman–Crippen MR) is 83.1 cm³/mol. The number of nitrogens with zero attached hydrogens (tertiary/aromatic N) is 4. The van der Waals surface area contributed by atoms with Crippen molar-refractivity contribution in [2.45, 2.75) is 9.24 Å². The normalized spacial score (nSPS) is 12.3. The van der Waals surface area contributed by atoms with Gasteiger partial charge in [0.2, 0.25) is 25.8 Å². The molecule has 0 radical (unpaired) electrons. The van der Waals surface area contributed by atoms with Crippen LogP contribution in [0.4, 0.5) is 4.39 Å². The van der Waals surface area contributed by atoms with Crippen LogP contribution in [0.25, 0.3) is 5.76 Å². The van der Waals surface area contributed by atoms with Crippen molar-refractivity contribution in [2.75, 3.05) is 0 Å². The second-order valence-electron chi connectivity index (χ2n) is 4.59. The molecule has 0 saturated carbocycles. The fraction of sp³-hybridized carbons (Fsp3) is 0. The first kappa shape index (κ1) is 16.9. The highest BCUT2D eigenvalue weighted by molar-refractivity contribution is 7.93. The zero-order valence-electron chi connectivity index (χ0n) is 12.1. The van der Waals surface area contributed by atoms with E-state index >= 15 is 0 Å². The number of hydrogen-bond donors (Lipinski definition) is 2. The Bertz CT molecular complexity index is 1040. The summed E-state index contributed by atoms with van der Waals surface area (Å²) in [5.41, 5.74) is -0.180. The van der Waals surface area contributed by atoms with Crippen molar-refractivity contribution in [3.8, 4) is 0 Å². The van der Waals surface area contributed by atoms with Crippen molar-refractivity contribution >= 4 is 32.7 Å². The third kappa shape index (κ3) is 3.44. The lowest BCUT2D eigenvalue weighted by Gasteiger charge is -2.00. The summed E-state index contributed by atoms with van der Waals surface area (Å²) in [7, 11) is -3.97. The van der Waals surface area contributed by atoms with E-state index in [4.69, 9.17) is 0 Å². The van der Waals surface area contributed by atoms with E-state index in [-0.39, 0.29) is 20.8 Å². The van der Waals surface area contributed by atoms with Gasteiger partial charge in [0.1, 0.15) is 11.5 Å². The summed E-state index contributed by atoms with van der Waals surface area (Å²) in [5, 5.41) is 23.2. The van der Waals surface area contributed by atoms with Gasteiger partial charge in [0.15, 0.2) is 5.76 Å². The number of sulfone groups is 1. The molecule has 3 rings (SSSR count). The number of thiazole rings is 1. The summed E-state index contributed by atoms with van der Waals surface area (Å²) in [4.78, 5) is 15.7. The van der Waals surface area contributed by atoms with Crippen molar-refractivity contribution < 1.29 is 22.7 Å². The molecule has 9 nitrogen and oxygen atoms in total. The molecule has 0 fully saturated rings. The number of carbonyl (C=O) groups excluding carboxylic acids is 1. The molecule has 0 spiro atoms. The van der Waals surface area contributed by atoms with Gasteiger partial charge in [-0.25, -0.2) is 17.8 Å². The Morgan fingerprint density at radius 3 is 2.64 bits per heavy atom. The molecule has 0 amide bonds. The Morgan fingerprint density at radius 1 is 1.28 bits per heavy atom. The molecule has 128 valence electrons. The predicted octanol–water partition coefficient (Wildman–Crippen LogP) is 1.41. The number of nitrogens with one attached hydrogen (secondary N) is 1. The van der Waals surface area contributed by atoms with Crippen molar-refractivity contribution in [1.29, 1.82) is 0 Å². The van der Waals surface area contributed by atoms with E-state index in [1.54, 1.807) is 0 Å². The van der Waals surface area contributed by atoms with Crippen molar-refractivity contribution in [1.82, 2.24) is 25.6 Å². The third-order valence-electron chi connectivity index (χ3n) is 2.93. The highest BCUT2D eigenvalue weighted by Gasteiger charge is 2.23. The average Bonchev–Trinajstić information content (AvgIpc) is 3.27. The van der Waals surface area contributed by atoms with Crippen LogP contribution in [0.1, 0.15) is 16.3 Å². The van der Waals surface area contributed by atoms with Gasteiger partial charge in [0.25, 0.3) is 0 Å². The zero-order chi connectivity index (χ0) is 18.0. The Balaban J connectivity index is 1.88. The minimum Gasteiger partial charge on any atom is -0.504 e. The van der Waals surface area contributed by atoms with Gasteiger partial charge in [-0.3, -0.25) is 4.79 Å². The standard InChI is InChI=1S/C13H8FN5O4S2/c14-7-1-3-8(4-2-7)25(22,23)13-15-9(6-24-13)10(20)5-11(21)12-16-18-19-17-12/h1-6,21H,(H,16,17,18,19). The monoisotopic (exact) mass is 381 g/mol. The molecule has 3 aromatic rings. The van der Waals surface area contributed by atoms with Gasteiger partial charge in [0.05, 0.1) is 4.90 Å². The van der Waals surface area contributed by atoms with E-state index in [0.717, 1.165) is 41.7 Å². The maximum atomic E-state index is 12.9. The minimum absolute atomic E-state index is 0.146. The minimum atomic E-state index is -3.97. The topological polar surface area (TPSA) is 139 Å². The first-order valence-corrected chi connectivity index (χ1v) is 8.89. The van der Waals surface area contributed by atoms with E-state index in [0.29, 0.717) is 0 Å². The number of rotatable bonds is 5. The van der Waals surface area contributed by atoms with Gasteiger partial charge in [-0.1, -0.05) is 0 Å². The van der Waals surface area contributed by atoms with Gasteiger partial charge >= 0.3 is 0 Å². The Labute approximate surface area is 143 Å². The number of aromatic nitrogens is 5. The lowest BCUT2D eigenvalue weighted by atomic mass is 10.2. The lowest BCUT2D eigenvalue weighted by molar-refractivity contribution is 0.104. The molecule has 2 aromatic heterocycles. The summed E-state index contributed by atoms with van der Waals surface area (Å²) in [6.07, 6.45) is 0.800. The van der Waals surface area contributed by atoms with Crippen LogP contribution in [0.2, 0.25) is 0 Å². The van der Waals surface area contributed by atoms with Gasteiger partial charge in [0, 0.05) is 11.5 Å². The van der Waals surface area contributed by atoms with Gasteiger partial charge < -0.3 is 5.11 Å². The number of allylic oxidation sites excluding steroid dienone is 1. The Morgan fingerprint density at radius 2 is 2.00 bits per heavy atom. The summed E-state index contributed by atoms with van der Waals surface area (Å²) in [6, 6.07) is 4.24. The fourth-order valence-corrected chi connectivity index (χ4v) is 4.13. The number of aliphatic hydroxyl groups excluding tert-OH is 1. The number of ketones is 1. The number of H-pyrrole nitrogens is 1. The zero-order valence-corrected chi connectivity index (χ0v) is 13.8. The van der Waals surface area contributed by atoms with Crippen LogP contribution in [-0.4, -0.2) is 44.9 Å². The number of benzene rings is 1. The smallest absolute Gasteiger partial charge is 0.239 e. The van der Waals surface area contributed by atoms with Crippen LogP contribution in [0.5, 0.6) is 0 Å². The highest BCUT2D eigenvalue weighted by atomic mass is 32.2. The van der Waals surface area contributed by atoms with E-state index in [1.165, 1.54) is 5.38 Å². The van der Waals surface area contributed by atoms with E-state index < -0.39 is 27.2 Å². The Kier molecular flexibility index (Phi) is 4.37. The summed E-state index contributed by atoms with van der Waals surface area (Å²) >= 11 is 0.734. The molecule has 12 heteroatoms. The van der Waals surface area contributed by atoms with Crippen molar-refractivity contribution in [3.63, 3.8) is 0 Å². The molecule has 25 heavy (non-hydrogen) atoms. The summed E-state index contributed by atoms with van der Waals surface area (Å²) in [5.74, 6) is -2.05. The van der Waals surface area contributed by atoms with E-state index in [1.807, 2.05) is 0 Å². The summed E-state index contributed by atoms with van der Waals surface area (Å²) in [6.45, 7) is 0. The second-order valence-corrected chi connectivity index (χ2v) is 7.57. The lowest BCUT2D eigenvalue weighted by Crippen LogP contribution is -2.03. The largest absolute Gasteiger partial charge is 0.504 e. The number of aromatic amines is 1. The first-order valence-electron chi connectivity index (χ1n) is 6.53. The van der Waals surface area contributed by atoms with Crippen molar-refractivity contribution in [3.05, 3.63) is 53.1 Å². The van der Waals surface area contributed by atoms with Crippen LogP contribution in [0, 0.1) is 5.82 Å².